The number of benzene rings is 1. The zero-order valence-corrected chi connectivity index (χ0v) is 16.2. The lowest BCUT2D eigenvalue weighted by atomic mass is 10.1. The van der Waals surface area contributed by atoms with Crippen molar-refractivity contribution in [1.29, 1.82) is 0 Å². The Hall–Kier alpha value is -2.55. The van der Waals surface area contributed by atoms with Crippen molar-refractivity contribution in [2.75, 3.05) is 20.2 Å². The maximum atomic E-state index is 12.1. The summed E-state index contributed by atoms with van der Waals surface area (Å²) in [5, 5.41) is 10.4. The van der Waals surface area contributed by atoms with Gasteiger partial charge in [-0.05, 0) is 31.4 Å². The van der Waals surface area contributed by atoms with Crippen LogP contribution in [0.3, 0.4) is 0 Å². The van der Waals surface area contributed by atoms with Crippen LogP contribution in [-0.2, 0) is 24.3 Å². The quantitative estimate of drug-likeness (QED) is 0.528. The van der Waals surface area contributed by atoms with Crippen molar-refractivity contribution < 1.29 is 22.4 Å². The lowest BCUT2D eigenvalue weighted by Gasteiger charge is -2.12. The molecule has 0 aliphatic heterocycles. The molecule has 0 fully saturated rings. The Balaban J connectivity index is 1.74. The highest BCUT2D eigenvalue weighted by molar-refractivity contribution is 5.79. The first-order valence-electron chi connectivity index (χ1n) is 8.87. The van der Waals surface area contributed by atoms with Gasteiger partial charge in [-0.15, -0.1) is 0 Å². The van der Waals surface area contributed by atoms with E-state index < -0.39 is 12.8 Å². The van der Waals surface area contributed by atoms with Crippen molar-refractivity contribution in [2.45, 2.75) is 39.6 Å². The highest BCUT2D eigenvalue weighted by Gasteiger charge is 2.27. The van der Waals surface area contributed by atoms with Crippen LogP contribution < -0.4 is 10.6 Å². The standard InChI is InChI=1S/C19H25F3N4O2/c1-13-17(14(2)28-26-13)8-9-24-18(23-3)25-10-15-4-6-16(7-5-15)11-27-12-19(20,21)22/h4-7H,8-12H2,1-3H3,(H2,23,24,25). The second-order valence-electron chi connectivity index (χ2n) is 6.33. The van der Waals surface area contributed by atoms with E-state index in [1.54, 1.807) is 19.2 Å². The van der Waals surface area contributed by atoms with Crippen molar-refractivity contribution >= 4 is 5.96 Å². The fraction of sp³-hybridized carbons (Fsp3) is 0.474. The molecule has 28 heavy (non-hydrogen) atoms. The van der Waals surface area contributed by atoms with Gasteiger partial charge in [0.05, 0.1) is 12.3 Å². The summed E-state index contributed by atoms with van der Waals surface area (Å²) in [6.45, 7) is 3.70. The van der Waals surface area contributed by atoms with Gasteiger partial charge >= 0.3 is 6.18 Å². The van der Waals surface area contributed by atoms with Crippen LogP contribution in [0.1, 0.15) is 28.1 Å². The van der Waals surface area contributed by atoms with Crippen LogP contribution in [0.5, 0.6) is 0 Å². The summed E-state index contributed by atoms with van der Waals surface area (Å²) in [4.78, 5) is 4.18. The maximum absolute atomic E-state index is 12.1. The zero-order chi connectivity index (χ0) is 20.6. The molecule has 0 saturated carbocycles. The lowest BCUT2D eigenvalue weighted by Crippen LogP contribution is -2.37. The highest BCUT2D eigenvalue weighted by atomic mass is 19.4. The normalized spacial score (nSPS) is 12.3. The van der Waals surface area contributed by atoms with Crippen LogP contribution in [0, 0.1) is 13.8 Å². The van der Waals surface area contributed by atoms with Crippen LogP contribution in [0.15, 0.2) is 33.8 Å². The number of aryl methyl sites for hydroxylation is 2. The van der Waals surface area contributed by atoms with Crippen LogP contribution in [0.4, 0.5) is 13.2 Å². The summed E-state index contributed by atoms with van der Waals surface area (Å²) in [7, 11) is 1.69. The molecule has 0 radical (unpaired) electrons. The smallest absolute Gasteiger partial charge is 0.367 e. The number of halogens is 3. The molecule has 0 aliphatic rings. The summed E-state index contributed by atoms with van der Waals surface area (Å²) < 4.78 is 46.0. The van der Waals surface area contributed by atoms with Crippen molar-refractivity contribution in [1.82, 2.24) is 15.8 Å². The topological polar surface area (TPSA) is 71.7 Å². The van der Waals surface area contributed by atoms with E-state index in [2.05, 4.69) is 25.5 Å². The summed E-state index contributed by atoms with van der Waals surface area (Å²) in [6, 6.07) is 7.19. The molecule has 0 amide bonds. The number of hydrogen-bond acceptors (Lipinski definition) is 4. The number of hydrogen-bond donors (Lipinski definition) is 2. The molecule has 0 bridgehead atoms. The average molecular weight is 398 g/mol. The number of nitrogens with one attached hydrogen (secondary N) is 2. The molecule has 1 aromatic carbocycles. The van der Waals surface area contributed by atoms with Crippen LogP contribution in [-0.4, -0.2) is 37.5 Å². The van der Waals surface area contributed by atoms with Gasteiger partial charge in [-0.3, -0.25) is 4.99 Å². The zero-order valence-electron chi connectivity index (χ0n) is 16.2. The Bertz CT molecular complexity index is 751. The Morgan fingerprint density at radius 1 is 1.14 bits per heavy atom. The number of alkyl halides is 3. The minimum atomic E-state index is -4.31. The molecule has 0 atom stereocenters. The molecule has 1 aromatic heterocycles. The van der Waals surface area contributed by atoms with Gasteiger partial charge in [0, 0.05) is 25.7 Å². The molecule has 9 heteroatoms. The number of guanidine groups is 1. The van der Waals surface area contributed by atoms with Crippen LogP contribution in [0.2, 0.25) is 0 Å². The predicted octanol–water partition coefficient (Wildman–Crippen LogP) is 3.28. The van der Waals surface area contributed by atoms with Gasteiger partial charge in [-0.25, -0.2) is 0 Å². The third-order valence-electron chi connectivity index (χ3n) is 4.09. The molecule has 0 unspecified atom stereocenters. The van der Waals surface area contributed by atoms with Crippen molar-refractivity contribution in [3.8, 4) is 0 Å². The monoisotopic (exact) mass is 398 g/mol. The Morgan fingerprint density at radius 2 is 1.82 bits per heavy atom. The molecule has 0 spiro atoms. The average Bonchev–Trinajstić information content (AvgIpc) is 2.96. The molecule has 1 heterocycles. The molecule has 0 saturated heterocycles. The van der Waals surface area contributed by atoms with Gasteiger partial charge < -0.3 is 19.9 Å². The first-order valence-corrected chi connectivity index (χ1v) is 8.87. The molecule has 0 aliphatic carbocycles. The predicted molar refractivity (Wildman–Crippen MR) is 100 cm³/mol. The first kappa shape index (κ1) is 21.7. The maximum Gasteiger partial charge on any atom is 0.411 e. The van der Waals surface area contributed by atoms with Crippen LogP contribution >= 0.6 is 0 Å². The van der Waals surface area contributed by atoms with Gasteiger partial charge in [0.25, 0.3) is 0 Å². The van der Waals surface area contributed by atoms with Gasteiger partial charge in [0.15, 0.2) is 5.96 Å². The highest BCUT2D eigenvalue weighted by Crippen LogP contribution is 2.16. The largest absolute Gasteiger partial charge is 0.411 e. The second kappa shape index (κ2) is 10.1. The number of nitrogens with zero attached hydrogens (tertiary/aromatic N) is 2. The Labute approximate surface area is 162 Å². The fourth-order valence-corrected chi connectivity index (χ4v) is 2.61. The van der Waals surface area contributed by atoms with Gasteiger partial charge in [-0.1, -0.05) is 29.4 Å². The van der Waals surface area contributed by atoms with Crippen molar-refractivity contribution in [3.63, 3.8) is 0 Å². The summed E-state index contributed by atoms with van der Waals surface area (Å²) >= 11 is 0. The van der Waals surface area contributed by atoms with E-state index in [9.17, 15) is 13.2 Å². The minimum Gasteiger partial charge on any atom is -0.367 e. The molecule has 6 nitrogen and oxygen atoms in total. The number of ether oxygens (including phenoxy) is 1. The summed E-state index contributed by atoms with van der Waals surface area (Å²) in [5.41, 5.74) is 3.65. The lowest BCUT2D eigenvalue weighted by molar-refractivity contribution is -0.176. The molecular weight excluding hydrogens is 373 g/mol. The molecular formula is C19H25F3N4O2. The molecule has 2 N–H and O–H groups in total. The second-order valence-corrected chi connectivity index (χ2v) is 6.33. The van der Waals surface area contributed by atoms with Gasteiger partial charge in [0.1, 0.15) is 12.4 Å². The van der Waals surface area contributed by atoms with Crippen molar-refractivity contribution in [2.24, 2.45) is 4.99 Å². The first-order chi connectivity index (χ1) is 13.3. The van der Waals surface area contributed by atoms with Gasteiger partial charge in [0.2, 0.25) is 0 Å². The molecule has 154 valence electrons. The number of rotatable bonds is 8. The van der Waals surface area contributed by atoms with E-state index in [1.165, 1.54) is 0 Å². The summed E-state index contributed by atoms with van der Waals surface area (Å²) in [6.07, 6.45) is -3.53. The molecule has 2 aromatic rings. The van der Waals surface area contributed by atoms with E-state index >= 15 is 0 Å². The minimum absolute atomic E-state index is 0.0713. The Kier molecular flexibility index (Phi) is 7.86. The third kappa shape index (κ3) is 7.22. The Morgan fingerprint density at radius 3 is 2.39 bits per heavy atom. The fourth-order valence-electron chi connectivity index (χ4n) is 2.61. The van der Waals surface area contributed by atoms with E-state index in [1.807, 2.05) is 26.0 Å². The van der Waals surface area contributed by atoms with E-state index in [0.717, 1.165) is 29.0 Å². The number of aromatic nitrogens is 1. The van der Waals surface area contributed by atoms with E-state index in [0.29, 0.717) is 24.6 Å². The van der Waals surface area contributed by atoms with E-state index in [4.69, 9.17) is 4.52 Å². The molecule has 2 rings (SSSR count). The number of aliphatic imine (C=N–C) groups is 1. The summed E-state index contributed by atoms with van der Waals surface area (Å²) in [5.74, 6) is 1.48. The third-order valence-corrected chi connectivity index (χ3v) is 4.09. The SMILES string of the molecule is CN=C(NCCc1c(C)noc1C)NCc1ccc(COCC(F)(F)F)cc1. The van der Waals surface area contributed by atoms with E-state index in [-0.39, 0.29) is 6.61 Å². The van der Waals surface area contributed by atoms with Crippen LogP contribution in [0.25, 0.3) is 0 Å². The van der Waals surface area contributed by atoms with Gasteiger partial charge in [-0.2, -0.15) is 13.2 Å². The van der Waals surface area contributed by atoms with Crippen molar-refractivity contribution in [3.05, 3.63) is 52.4 Å².